The molecule has 0 aliphatic carbocycles. The number of benzene rings is 3. The summed E-state index contributed by atoms with van der Waals surface area (Å²) in [6.07, 6.45) is 0. The van der Waals surface area contributed by atoms with Gasteiger partial charge in [-0.05, 0) is 34.9 Å². The first-order valence-corrected chi connectivity index (χ1v) is 7.83. The number of para-hydroxylation sites is 3. The molecule has 128 valence electrons. The fourth-order valence-corrected chi connectivity index (χ4v) is 3.06. The van der Waals surface area contributed by atoms with Crippen molar-refractivity contribution in [2.45, 2.75) is 5.92 Å². The molecule has 0 aliphatic rings. The molecule has 6 heteroatoms. The van der Waals surface area contributed by atoms with Crippen LogP contribution in [0.2, 0.25) is 0 Å². The highest BCUT2D eigenvalue weighted by atomic mass is 14.7. The molecule has 12 N–H and O–H groups in total. The van der Waals surface area contributed by atoms with Gasteiger partial charge in [-0.2, -0.15) is 0 Å². The monoisotopic (exact) mass is 334 g/mol. The van der Waals surface area contributed by atoms with Crippen LogP contribution in [0.1, 0.15) is 22.6 Å². The molecule has 0 unspecified atom stereocenters. The number of anilines is 6. The molecule has 0 radical (unpaired) electrons. The van der Waals surface area contributed by atoms with Gasteiger partial charge in [0.2, 0.25) is 0 Å². The molecule has 6 nitrogen and oxygen atoms in total. The Morgan fingerprint density at radius 3 is 1.00 bits per heavy atom. The summed E-state index contributed by atoms with van der Waals surface area (Å²) in [5.74, 6) is -0.338. The fraction of sp³-hybridized carbons (Fsp3) is 0.0526. The van der Waals surface area contributed by atoms with E-state index in [1.54, 1.807) is 18.2 Å². The third-order valence-corrected chi connectivity index (χ3v) is 4.45. The first-order chi connectivity index (χ1) is 11.9. The molecule has 3 rings (SSSR count). The van der Waals surface area contributed by atoms with Crippen molar-refractivity contribution in [2.24, 2.45) is 0 Å². The maximum absolute atomic E-state index is 6.27. The van der Waals surface area contributed by atoms with Crippen molar-refractivity contribution in [1.29, 1.82) is 0 Å². The molecule has 3 aromatic carbocycles. The van der Waals surface area contributed by atoms with Crippen molar-refractivity contribution >= 4 is 34.1 Å². The second-order valence-electron chi connectivity index (χ2n) is 5.98. The number of nitrogen functional groups attached to an aromatic ring is 6. The van der Waals surface area contributed by atoms with E-state index in [4.69, 9.17) is 34.4 Å². The highest BCUT2D eigenvalue weighted by Crippen LogP contribution is 2.43. The summed E-state index contributed by atoms with van der Waals surface area (Å²) in [6, 6.07) is 16.5. The Kier molecular flexibility index (Phi) is 4.02. The van der Waals surface area contributed by atoms with Crippen molar-refractivity contribution in [3.05, 3.63) is 71.3 Å². The predicted octanol–water partition coefficient (Wildman–Crippen LogP) is 2.36. The SMILES string of the molecule is Nc1cccc(C(c2cccc(N)c2N)c2cccc(N)c2N)c1N. The van der Waals surface area contributed by atoms with Crippen LogP contribution in [-0.2, 0) is 0 Å². The van der Waals surface area contributed by atoms with Crippen LogP contribution in [0.5, 0.6) is 0 Å². The van der Waals surface area contributed by atoms with E-state index in [0.717, 1.165) is 16.7 Å². The fourth-order valence-electron chi connectivity index (χ4n) is 3.06. The molecular formula is C19H22N6. The van der Waals surface area contributed by atoms with E-state index >= 15 is 0 Å². The first kappa shape index (κ1) is 16.3. The van der Waals surface area contributed by atoms with E-state index < -0.39 is 0 Å². The van der Waals surface area contributed by atoms with Crippen LogP contribution < -0.4 is 34.4 Å². The van der Waals surface area contributed by atoms with Crippen LogP contribution in [0.25, 0.3) is 0 Å². The molecule has 0 spiro atoms. The Balaban J connectivity index is 2.35. The molecule has 25 heavy (non-hydrogen) atoms. The summed E-state index contributed by atoms with van der Waals surface area (Å²) in [7, 11) is 0. The lowest BCUT2D eigenvalue weighted by atomic mass is 9.82. The number of rotatable bonds is 3. The third kappa shape index (κ3) is 2.74. The zero-order valence-electron chi connectivity index (χ0n) is 13.7. The predicted molar refractivity (Wildman–Crippen MR) is 107 cm³/mol. The van der Waals surface area contributed by atoms with Gasteiger partial charge in [0.25, 0.3) is 0 Å². The van der Waals surface area contributed by atoms with Gasteiger partial charge in [-0.3, -0.25) is 0 Å². The van der Waals surface area contributed by atoms with Crippen LogP contribution in [-0.4, -0.2) is 0 Å². The molecule has 3 aromatic rings. The van der Waals surface area contributed by atoms with Crippen molar-refractivity contribution in [2.75, 3.05) is 34.4 Å². The van der Waals surface area contributed by atoms with Gasteiger partial charge in [-0.1, -0.05) is 36.4 Å². The smallest absolute Gasteiger partial charge is 0.0590 e. The van der Waals surface area contributed by atoms with E-state index in [1.165, 1.54) is 0 Å². The van der Waals surface area contributed by atoms with E-state index in [0.29, 0.717) is 34.1 Å². The van der Waals surface area contributed by atoms with E-state index in [9.17, 15) is 0 Å². The van der Waals surface area contributed by atoms with Gasteiger partial charge in [0.05, 0.1) is 34.1 Å². The molecule has 0 aliphatic heterocycles. The minimum Gasteiger partial charge on any atom is -0.397 e. The van der Waals surface area contributed by atoms with E-state index in [2.05, 4.69) is 0 Å². The molecular weight excluding hydrogens is 312 g/mol. The lowest BCUT2D eigenvalue weighted by molar-refractivity contribution is 0.990. The topological polar surface area (TPSA) is 156 Å². The molecule has 0 bridgehead atoms. The Morgan fingerprint density at radius 1 is 0.440 bits per heavy atom. The van der Waals surface area contributed by atoms with Crippen molar-refractivity contribution < 1.29 is 0 Å². The summed E-state index contributed by atoms with van der Waals surface area (Å²) in [4.78, 5) is 0. The molecule has 0 atom stereocenters. The number of hydrogen-bond donors (Lipinski definition) is 6. The van der Waals surface area contributed by atoms with Crippen LogP contribution in [0, 0.1) is 0 Å². The molecule has 0 heterocycles. The quantitative estimate of drug-likeness (QED) is 0.319. The van der Waals surface area contributed by atoms with Gasteiger partial charge in [0, 0.05) is 5.92 Å². The van der Waals surface area contributed by atoms with E-state index in [1.807, 2.05) is 36.4 Å². The number of nitrogens with two attached hydrogens (primary N) is 6. The van der Waals surface area contributed by atoms with Crippen molar-refractivity contribution in [1.82, 2.24) is 0 Å². The second kappa shape index (κ2) is 6.16. The minimum absolute atomic E-state index is 0.338. The van der Waals surface area contributed by atoms with Gasteiger partial charge in [0.1, 0.15) is 0 Å². The maximum atomic E-state index is 6.27. The Hall–Kier alpha value is -3.54. The van der Waals surface area contributed by atoms with Gasteiger partial charge >= 0.3 is 0 Å². The lowest BCUT2D eigenvalue weighted by Gasteiger charge is -2.25. The Bertz CT molecular complexity index is 813. The van der Waals surface area contributed by atoms with Crippen molar-refractivity contribution in [3.8, 4) is 0 Å². The molecule has 0 amide bonds. The molecule has 0 aromatic heterocycles. The highest BCUT2D eigenvalue weighted by molar-refractivity contribution is 5.78. The summed E-state index contributed by atoms with van der Waals surface area (Å²) < 4.78 is 0. The summed E-state index contributed by atoms with van der Waals surface area (Å²) in [5, 5.41) is 0. The standard InChI is InChI=1S/C19H22N6/c20-13-7-1-4-10(17(13)23)16(11-5-2-8-14(21)18(11)24)12-6-3-9-15(22)19(12)25/h1-9,16H,20-25H2. The average Bonchev–Trinajstić information content (AvgIpc) is 2.59. The second-order valence-corrected chi connectivity index (χ2v) is 5.98. The minimum atomic E-state index is -0.338. The van der Waals surface area contributed by atoms with Crippen LogP contribution in [0.15, 0.2) is 54.6 Å². The summed E-state index contributed by atoms with van der Waals surface area (Å²) >= 11 is 0. The largest absolute Gasteiger partial charge is 0.397 e. The molecule has 0 fully saturated rings. The lowest BCUT2D eigenvalue weighted by Crippen LogP contribution is -2.13. The highest BCUT2D eigenvalue weighted by Gasteiger charge is 2.25. The maximum Gasteiger partial charge on any atom is 0.0590 e. The van der Waals surface area contributed by atoms with Crippen molar-refractivity contribution in [3.63, 3.8) is 0 Å². The molecule has 0 saturated heterocycles. The average molecular weight is 334 g/mol. The Labute approximate surface area is 146 Å². The van der Waals surface area contributed by atoms with Crippen LogP contribution in [0.4, 0.5) is 34.1 Å². The van der Waals surface area contributed by atoms with Gasteiger partial charge in [-0.25, -0.2) is 0 Å². The normalized spacial score (nSPS) is 10.9. The summed E-state index contributed by atoms with van der Waals surface area (Å²) in [6.45, 7) is 0. The molecule has 0 saturated carbocycles. The zero-order valence-corrected chi connectivity index (χ0v) is 13.7. The number of hydrogen-bond acceptors (Lipinski definition) is 6. The summed E-state index contributed by atoms with van der Waals surface area (Å²) in [5.41, 5.74) is 42.2. The van der Waals surface area contributed by atoms with Gasteiger partial charge in [0.15, 0.2) is 0 Å². The first-order valence-electron chi connectivity index (χ1n) is 7.83. The van der Waals surface area contributed by atoms with E-state index in [-0.39, 0.29) is 5.92 Å². The van der Waals surface area contributed by atoms with Crippen LogP contribution in [0.3, 0.4) is 0 Å². The van der Waals surface area contributed by atoms with Gasteiger partial charge < -0.3 is 34.4 Å². The zero-order chi connectivity index (χ0) is 18.1. The van der Waals surface area contributed by atoms with Crippen LogP contribution >= 0.6 is 0 Å². The third-order valence-electron chi connectivity index (χ3n) is 4.45. The Morgan fingerprint density at radius 2 is 0.720 bits per heavy atom. The van der Waals surface area contributed by atoms with Gasteiger partial charge in [-0.15, -0.1) is 0 Å².